The van der Waals surface area contributed by atoms with Crippen LogP contribution in [-0.2, 0) is 0 Å². The Hall–Kier alpha value is -2.25. The first-order valence-corrected chi connectivity index (χ1v) is 7.71. The van der Waals surface area contributed by atoms with Crippen LogP contribution in [0, 0.1) is 17.5 Å². The maximum Gasteiger partial charge on any atom is 0.346 e. The highest BCUT2D eigenvalue weighted by Crippen LogP contribution is 2.43. The highest BCUT2D eigenvalue weighted by molar-refractivity contribution is 7.21. The second kappa shape index (κ2) is 5.99. The summed E-state index contributed by atoms with van der Waals surface area (Å²) < 4.78 is 47.0. The fourth-order valence-corrected chi connectivity index (χ4v) is 3.69. The molecule has 3 aromatic rings. The normalized spacial score (nSPS) is 11.0. The fourth-order valence-electron chi connectivity index (χ4n) is 2.40. The van der Waals surface area contributed by atoms with Crippen LogP contribution in [0.15, 0.2) is 24.3 Å². The molecule has 0 spiro atoms. The molecule has 0 aliphatic heterocycles. The van der Waals surface area contributed by atoms with Gasteiger partial charge in [0.05, 0.1) is 7.11 Å². The maximum atomic E-state index is 14.4. The van der Waals surface area contributed by atoms with Crippen molar-refractivity contribution < 1.29 is 27.8 Å². The van der Waals surface area contributed by atoms with Crippen LogP contribution in [0.3, 0.4) is 0 Å². The third-order valence-electron chi connectivity index (χ3n) is 3.45. The van der Waals surface area contributed by atoms with Crippen molar-refractivity contribution in [2.24, 2.45) is 0 Å². The molecule has 0 fully saturated rings. The van der Waals surface area contributed by atoms with Crippen molar-refractivity contribution in [2.45, 2.75) is 0 Å². The van der Waals surface area contributed by atoms with E-state index in [1.807, 2.05) is 0 Å². The Morgan fingerprint density at radius 3 is 2.54 bits per heavy atom. The monoisotopic (exact) mass is 372 g/mol. The molecule has 1 aromatic heterocycles. The Labute approximate surface area is 142 Å². The lowest BCUT2D eigenvalue weighted by atomic mass is 10.0. The molecule has 0 aliphatic carbocycles. The third kappa shape index (κ3) is 2.50. The van der Waals surface area contributed by atoms with Gasteiger partial charge in [-0.2, -0.15) is 0 Å². The van der Waals surface area contributed by atoms with Gasteiger partial charge in [-0.3, -0.25) is 0 Å². The predicted octanol–water partition coefficient (Wildman–Crippen LogP) is 5.35. The van der Waals surface area contributed by atoms with Crippen LogP contribution in [-0.4, -0.2) is 18.2 Å². The number of methoxy groups -OCH3 is 1. The number of fused-ring (bicyclic) bond motifs is 1. The molecule has 0 radical (unpaired) electrons. The average molecular weight is 373 g/mol. The number of aromatic carboxylic acids is 1. The van der Waals surface area contributed by atoms with E-state index in [1.54, 1.807) is 0 Å². The lowest BCUT2D eigenvalue weighted by Crippen LogP contribution is -1.99. The summed E-state index contributed by atoms with van der Waals surface area (Å²) in [6.07, 6.45) is 0. The number of carbonyl (C=O) groups is 1. The first-order valence-electron chi connectivity index (χ1n) is 6.52. The van der Waals surface area contributed by atoms with Gasteiger partial charge in [0, 0.05) is 21.2 Å². The molecule has 0 atom stereocenters. The van der Waals surface area contributed by atoms with Crippen LogP contribution in [0.2, 0.25) is 5.02 Å². The molecule has 0 bridgehead atoms. The SMILES string of the molecule is COc1cc(-c2c(C(=O)O)sc3cc(F)ccc23)c(F)c(F)c1Cl. The molecule has 0 amide bonds. The molecule has 8 heteroatoms. The standard InChI is InChI=1S/C16H8ClF3O3S/c1-23-9-5-8(13(19)14(20)12(9)17)11-7-3-2-6(18)4-10(7)24-15(11)16(21)22/h2-5H,1H3,(H,21,22). The van der Waals surface area contributed by atoms with Crippen LogP contribution in [0.25, 0.3) is 21.2 Å². The van der Waals surface area contributed by atoms with E-state index in [1.165, 1.54) is 13.2 Å². The number of hydrogen-bond donors (Lipinski definition) is 1. The van der Waals surface area contributed by atoms with Gasteiger partial charge in [0.2, 0.25) is 0 Å². The van der Waals surface area contributed by atoms with Crippen LogP contribution < -0.4 is 4.74 Å². The molecular formula is C16H8ClF3O3S. The molecular weight excluding hydrogens is 365 g/mol. The van der Waals surface area contributed by atoms with Crippen LogP contribution in [0.4, 0.5) is 13.2 Å². The van der Waals surface area contributed by atoms with Crippen LogP contribution in [0.5, 0.6) is 5.75 Å². The molecule has 0 unspecified atom stereocenters. The molecule has 3 nitrogen and oxygen atoms in total. The van der Waals surface area contributed by atoms with Crippen molar-refractivity contribution in [3.05, 3.63) is 51.6 Å². The molecule has 0 saturated carbocycles. The minimum absolute atomic E-state index is 0.0473. The van der Waals surface area contributed by atoms with Gasteiger partial charge in [0.1, 0.15) is 21.5 Å². The van der Waals surface area contributed by atoms with Crippen molar-refractivity contribution in [1.29, 1.82) is 0 Å². The minimum Gasteiger partial charge on any atom is -0.495 e. The number of hydrogen-bond acceptors (Lipinski definition) is 3. The van der Waals surface area contributed by atoms with Crippen molar-refractivity contribution in [3.63, 3.8) is 0 Å². The Balaban J connectivity index is 2.44. The molecule has 124 valence electrons. The van der Waals surface area contributed by atoms with Crippen molar-refractivity contribution in [2.75, 3.05) is 7.11 Å². The van der Waals surface area contributed by atoms with E-state index in [0.717, 1.165) is 29.5 Å². The summed E-state index contributed by atoms with van der Waals surface area (Å²) in [5, 5.41) is 9.13. The van der Waals surface area contributed by atoms with Gasteiger partial charge in [0.15, 0.2) is 11.6 Å². The minimum atomic E-state index is -1.34. The molecule has 3 rings (SSSR count). The second-order valence-electron chi connectivity index (χ2n) is 4.82. The summed E-state index contributed by atoms with van der Waals surface area (Å²) in [5.74, 6) is -4.67. The van der Waals surface area contributed by atoms with E-state index in [9.17, 15) is 23.1 Å². The van der Waals surface area contributed by atoms with Gasteiger partial charge in [-0.15, -0.1) is 11.3 Å². The molecule has 0 saturated heterocycles. The number of rotatable bonds is 3. The van der Waals surface area contributed by atoms with Crippen molar-refractivity contribution in [1.82, 2.24) is 0 Å². The molecule has 24 heavy (non-hydrogen) atoms. The fraction of sp³-hybridized carbons (Fsp3) is 0.0625. The maximum absolute atomic E-state index is 14.4. The highest BCUT2D eigenvalue weighted by atomic mass is 35.5. The van der Waals surface area contributed by atoms with Gasteiger partial charge >= 0.3 is 5.97 Å². The van der Waals surface area contributed by atoms with Crippen LogP contribution in [0.1, 0.15) is 9.67 Å². The number of benzene rings is 2. The van der Waals surface area contributed by atoms with Gasteiger partial charge < -0.3 is 9.84 Å². The Bertz CT molecular complexity index is 985. The average Bonchev–Trinajstić information content (AvgIpc) is 2.91. The Morgan fingerprint density at radius 1 is 1.21 bits per heavy atom. The predicted molar refractivity (Wildman–Crippen MR) is 85.7 cm³/mol. The van der Waals surface area contributed by atoms with E-state index < -0.39 is 28.4 Å². The van der Waals surface area contributed by atoms with Crippen LogP contribution >= 0.6 is 22.9 Å². The number of halogens is 4. The summed E-state index contributed by atoms with van der Waals surface area (Å²) >= 11 is 6.44. The molecule has 0 aliphatic rings. The zero-order valence-electron chi connectivity index (χ0n) is 12.0. The zero-order chi connectivity index (χ0) is 17.6. The molecule has 1 N–H and O–H groups in total. The topological polar surface area (TPSA) is 46.5 Å². The summed E-state index contributed by atoms with van der Waals surface area (Å²) in [7, 11) is 1.22. The number of thiophene rings is 1. The number of carboxylic acids is 1. The summed E-state index contributed by atoms with van der Waals surface area (Å²) in [5.41, 5.74) is -0.363. The van der Waals surface area contributed by atoms with E-state index in [0.29, 0.717) is 10.1 Å². The highest BCUT2D eigenvalue weighted by Gasteiger charge is 2.26. The first kappa shape index (κ1) is 16.6. The Kier molecular flexibility index (Phi) is 4.15. The van der Waals surface area contributed by atoms with Gasteiger partial charge in [-0.25, -0.2) is 18.0 Å². The summed E-state index contributed by atoms with van der Waals surface area (Å²) in [6, 6.07) is 4.70. The van der Waals surface area contributed by atoms with E-state index in [-0.39, 0.29) is 21.8 Å². The molecule has 1 heterocycles. The quantitative estimate of drug-likeness (QED) is 0.631. The third-order valence-corrected chi connectivity index (χ3v) is 4.94. The largest absolute Gasteiger partial charge is 0.495 e. The van der Waals surface area contributed by atoms with Crippen molar-refractivity contribution in [3.8, 4) is 16.9 Å². The number of carboxylic acid groups (broad SMARTS) is 1. The molecule has 2 aromatic carbocycles. The van der Waals surface area contributed by atoms with E-state index in [2.05, 4.69) is 0 Å². The van der Waals surface area contributed by atoms with E-state index >= 15 is 0 Å². The first-order chi connectivity index (χ1) is 11.3. The Morgan fingerprint density at radius 2 is 1.92 bits per heavy atom. The summed E-state index contributed by atoms with van der Waals surface area (Å²) in [4.78, 5) is 11.3. The zero-order valence-corrected chi connectivity index (χ0v) is 13.6. The van der Waals surface area contributed by atoms with Gasteiger partial charge in [-0.05, 0) is 24.3 Å². The van der Waals surface area contributed by atoms with Gasteiger partial charge in [-0.1, -0.05) is 11.6 Å². The summed E-state index contributed by atoms with van der Waals surface area (Å²) in [6.45, 7) is 0. The number of ether oxygens (including phenoxy) is 1. The smallest absolute Gasteiger partial charge is 0.346 e. The lowest BCUT2D eigenvalue weighted by molar-refractivity contribution is 0.0703. The second-order valence-corrected chi connectivity index (χ2v) is 6.25. The van der Waals surface area contributed by atoms with Crippen molar-refractivity contribution >= 4 is 39.0 Å². The lowest BCUT2D eigenvalue weighted by Gasteiger charge is -2.10. The van der Waals surface area contributed by atoms with E-state index in [4.69, 9.17) is 16.3 Å². The van der Waals surface area contributed by atoms with Gasteiger partial charge in [0.25, 0.3) is 0 Å².